The van der Waals surface area contributed by atoms with Crippen molar-refractivity contribution in [1.82, 2.24) is 15.3 Å². The second-order valence-corrected chi connectivity index (χ2v) is 2.50. The lowest BCUT2D eigenvalue weighted by molar-refractivity contribution is 0.308. The molecule has 60 valence electrons. The van der Waals surface area contributed by atoms with Crippen LogP contribution in [0.3, 0.4) is 0 Å². The van der Waals surface area contributed by atoms with Gasteiger partial charge in [0, 0.05) is 18.0 Å². The van der Waals surface area contributed by atoms with Crippen molar-refractivity contribution in [3.05, 3.63) is 29.7 Å². The second-order valence-electron chi connectivity index (χ2n) is 2.15. The van der Waals surface area contributed by atoms with Crippen LogP contribution in [-0.4, -0.2) is 15.3 Å². The third-order valence-corrected chi connectivity index (χ3v) is 1.63. The second kappa shape index (κ2) is 2.91. The largest absolute Gasteiger partial charge is 0.264 e. The van der Waals surface area contributed by atoms with Gasteiger partial charge < -0.3 is 0 Å². The van der Waals surface area contributed by atoms with E-state index < -0.39 is 0 Å². The highest BCUT2D eigenvalue weighted by Gasteiger charge is 2.08. The minimum Gasteiger partial charge on any atom is -0.264 e. The summed E-state index contributed by atoms with van der Waals surface area (Å²) in [7, 11) is 0. The Bertz CT molecular complexity index is 373. The SMILES string of the molecule is Clc1nonc1-c1cccnc1. The van der Waals surface area contributed by atoms with Crippen LogP contribution in [0.15, 0.2) is 29.2 Å². The molecule has 0 aliphatic heterocycles. The predicted molar refractivity (Wildman–Crippen MR) is 42.5 cm³/mol. The van der Waals surface area contributed by atoms with Crippen molar-refractivity contribution in [3.8, 4) is 11.3 Å². The number of hydrogen-bond acceptors (Lipinski definition) is 4. The fraction of sp³-hybridized carbons (Fsp3) is 0. The van der Waals surface area contributed by atoms with Gasteiger partial charge >= 0.3 is 0 Å². The van der Waals surface area contributed by atoms with Gasteiger partial charge in [-0.1, -0.05) is 11.6 Å². The van der Waals surface area contributed by atoms with Gasteiger partial charge in [0.05, 0.1) is 0 Å². The molecule has 0 amide bonds. The van der Waals surface area contributed by atoms with E-state index in [-0.39, 0.29) is 5.15 Å². The summed E-state index contributed by atoms with van der Waals surface area (Å²) in [6, 6.07) is 3.62. The first-order valence-electron chi connectivity index (χ1n) is 3.26. The summed E-state index contributed by atoms with van der Waals surface area (Å²) >= 11 is 5.68. The molecule has 4 nitrogen and oxygen atoms in total. The standard InChI is InChI=1S/C7H4ClN3O/c8-7-6(10-12-11-7)5-2-1-3-9-4-5/h1-4H. The van der Waals surface area contributed by atoms with Crippen molar-refractivity contribution in [2.75, 3.05) is 0 Å². The Kier molecular flexibility index (Phi) is 1.75. The fourth-order valence-corrected chi connectivity index (χ4v) is 1.03. The highest BCUT2D eigenvalue weighted by molar-refractivity contribution is 6.31. The Morgan fingerprint density at radius 3 is 2.83 bits per heavy atom. The molecule has 0 saturated heterocycles. The zero-order chi connectivity index (χ0) is 8.39. The molecule has 0 aliphatic carbocycles. The van der Waals surface area contributed by atoms with E-state index in [1.54, 1.807) is 18.5 Å². The Morgan fingerprint density at radius 1 is 1.33 bits per heavy atom. The third-order valence-electron chi connectivity index (χ3n) is 1.38. The molecule has 0 atom stereocenters. The number of hydrogen-bond donors (Lipinski definition) is 0. The molecule has 12 heavy (non-hydrogen) atoms. The van der Waals surface area contributed by atoms with Gasteiger partial charge in [0.25, 0.3) is 0 Å². The van der Waals surface area contributed by atoms with E-state index in [0.29, 0.717) is 5.69 Å². The molecule has 2 rings (SSSR count). The van der Waals surface area contributed by atoms with Gasteiger partial charge in [-0.3, -0.25) is 4.98 Å². The number of rotatable bonds is 1. The van der Waals surface area contributed by atoms with Crippen molar-refractivity contribution in [1.29, 1.82) is 0 Å². The van der Waals surface area contributed by atoms with E-state index in [1.165, 1.54) is 0 Å². The van der Waals surface area contributed by atoms with Gasteiger partial charge in [0.1, 0.15) is 0 Å². The predicted octanol–water partition coefficient (Wildman–Crippen LogP) is 1.78. The van der Waals surface area contributed by atoms with Crippen molar-refractivity contribution in [2.45, 2.75) is 0 Å². The highest BCUT2D eigenvalue weighted by Crippen LogP contribution is 2.22. The van der Waals surface area contributed by atoms with Crippen LogP contribution in [0.5, 0.6) is 0 Å². The van der Waals surface area contributed by atoms with Gasteiger partial charge in [-0.05, 0) is 22.4 Å². The molecule has 0 saturated carbocycles. The summed E-state index contributed by atoms with van der Waals surface area (Å²) in [6.07, 6.45) is 3.32. The van der Waals surface area contributed by atoms with Crippen molar-refractivity contribution in [3.63, 3.8) is 0 Å². The van der Waals surface area contributed by atoms with Gasteiger partial charge in [-0.15, -0.1) is 0 Å². The highest BCUT2D eigenvalue weighted by atomic mass is 35.5. The lowest BCUT2D eigenvalue weighted by Gasteiger charge is -1.91. The van der Waals surface area contributed by atoms with E-state index in [2.05, 4.69) is 19.9 Å². The first-order chi connectivity index (χ1) is 5.88. The maximum atomic E-state index is 5.68. The van der Waals surface area contributed by atoms with Crippen LogP contribution in [-0.2, 0) is 0 Å². The smallest absolute Gasteiger partial charge is 0.201 e. The number of aromatic nitrogens is 3. The van der Waals surface area contributed by atoms with Crippen LogP contribution in [0.25, 0.3) is 11.3 Å². The average molecular weight is 182 g/mol. The molecule has 2 aromatic rings. The van der Waals surface area contributed by atoms with E-state index in [9.17, 15) is 0 Å². The van der Waals surface area contributed by atoms with Crippen LogP contribution in [0.1, 0.15) is 0 Å². The van der Waals surface area contributed by atoms with Gasteiger partial charge in [-0.2, -0.15) is 0 Å². The summed E-state index contributed by atoms with van der Waals surface area (Å²) in [4.78, 5) is 3.91. The minimum absolute atomic E-state index is 0.253. The molecule has 0 radical (unpaired) electrons. The topological polar surface area (TPSA) is 51.8 Å². The summed E-state index contributed by atoms with van der Waals surface area (Å²) in [5, 5.41) is 7.33. The molecule has 0 aromatic carbocycles. The number of pyridine rings is 1. The van der Waals surface area contributed by atoms with Gasteiger partial charge in [-0.25, -0.2) is 4.63 Å². The van der Waals surface area contributed by atoms with Crippen LogP contribution < -0.4 is 0 Å². The van der Waals surface area contributed by atoms with Crippen LogP contribution >= 0.6 is 11.6 Å². The van der Waals surface area contributed by atoms with Gasteiger partial charge in [0.2, 0.25) is 5.15 Å². The lowest BCUT2D eigenvalue weighted by Crippen LogP contribution is -1.78. The van der Waals surface area contributed by atoms with Crippen molar-refractivity contribution >= 4 is 11.6 Å². The average Bonchev–Trinajstić information content (AvgIpc) is 2.53. The first kappa shape index (κ1) is 7.24. The molecule has 0 spiro atoms. The summed E-state index contributed by atoms with van der Waals surface area (Å²) < 4.78 is 4.44. The quantitative estimate of drug-likeness (QED) is 0.673. The van der Waals surface area contributed by atoms with E-state index in [1.807, 2.05) is 6.07 Å². The number of nitrogens with zero attached hydrogens (tertiary/aromatic N) is 3. The molecule has 2 heterocycles. The summed E-state index contributed by atoms with van der Waals surface area (Å²) in [5.74, 6) is 0. The normalized spacial score (nSPS) is 10.1. The molecule has 0 unspecified atom stereocenters. The van der Waals surface area contributed by atoms with Crippen LogP contribution in [0, 0.1) is 0 Å². The molecular weight excluding hydrogens is 178 g/mol. The minimum atomic E-state index is 0.253. The maximum Gasteiger partial charge on any atom is 0.201 e. The van der Waals surface area contributed by atoms with Crippen LogP contribution in [0.2, 0.25) is 5.15 Å². The third kappa shape index (κ3) is 1.16. The maximum absolute atomic E-state index is 5.68. The zero-order valence-corrected chi connectivity index (χ0v) is 6.69. The summed E-state index contributed by atoms with van der Waals surface area (Å²) in [6.45, 7) is 0. The Hall–Kier alpha value is -1.42. The Morgan fingerprint density at radius 2 is 2.25 bits per heavy atom. The van der Waals surface area contributed by atoms with Crippen molar-refractivity contribution < 1.29 is 4.63 Å². The van der Waals surface area contributed by atoms with E-state index in [0.717, 1.165) is 5.56 Å². The van der Waals surface area contributed by atoms with Crippen molar-refractivity contribution in [2.24, 2.45) is 0 Å². The summed E-state index contributed by atoms with van der Waals surface area (Å²) in [5.41, 5.74) is 1.31. The lowest BCUT2D eigenvalue weighted by atomic mass is 10.2. The van der Waals surface area contributed by atoms with E-state index >= 15 is 0 Å². The molecule has 0 aliphatic rings. The zero-order valence-electron chi connectivity index (χ0n) is 5.94. The monoisotopic (exact) mass is 181 g/mol. The Labute approximate surface area is 73.1 Å². The molecular formula is C7H4ClN3O. The first-order valence-corrected chi connectivity index (χ1v) is 3.64. The van der Waals surface area contributed by atoms with Crippen LogP contribution in [0.4, 0.5) is 0 Å². The van der Waals surface area contributed by atoms with Gasteiger partial charge in [0.15, 0.2) is 5.69 Å². The van der Waals surface area contributed by atoms with E-state index in [4.69, 9.17) is 11.6 Å². The Balaban J connectivity index is 2.51. The molecule has 0 bridgehead atoms. The molecule has 0 fully saturated rings. The molecule has 2 aromatic heterocycles. The number of halogens is 1. The molecule has 0 N–H and O–H groups in total. The molecule has 5 heteroatoms. The fourth-order valence-electron chi connectivity index (χ4n) is 0.853.